The van der Waals surface area contributed by atoms with Crippen LogP contribution in [0.1, 0.15) is 6.92 Å². The van der Waals surface area contributed by atoms with E-state index in [-0.39, 0.29) is 12.5 Å². The van der Waals surface area contributed by atoms with Gasteiger partial charge in [-0.1, -0.05) is 11.6 Å². The number of likely N-dealkylation sites (N-methyl/N-ethyl adjacent to an activating group) is 1. The molecule has 0 aliphatic heterocycles. The van der Waals surface area contributed by atoms with Gasteiger partial charge in [-0.15, -0.1) is 0 Å². The van der Waals surface area contributed by atoms with Crippen molar-refractivity contribution in [2.24, 2.45) is 0 Å². The largest absolute Gasteiger partial charge is 0.355 e. The van der Waals surface area contributed by atoms with Crippen LogP contribution in [0.25, 0.3) is 0 Å². The Balaban J connectivity index is 2.46. The second-order valence-corrected chi connectivity index (χ2v) is 2.75. The van der Waals surface area contributed by atoms with Gasteiger partial charge in [0.1, 0.15) is 6.54 Å². The first kappa shape index (κ1) is 9.06. The van der Waals surface area contributed by atoms with Crippen molar-refractivity contribution in [2.45, 2.75) is 13.5 Å². The van der Waals surface area contributed by atoms with E-state index >= 15 is 0 Å². The molecular formula is C7H10ClN3O. The van der Waals surface area contributed by atoms with Crippen LogP contribution >= 0.6 is 11.6 Å². The molecule has 0 bridgehead atoms. The average Bonchev–Trinajstić information content (AvgIpc) is 2.36. The molecule has 0 spiro atoms. The number of aromatic nitrogens is 2. The molecule has 66 valence electrons. The van der Waals surface area contributed by atoms with Crippen molar-refractivity contribution in [2.75, 3.05) is 6.54 Å². The first-order valence-corrected chi connectivity index (χ1v) is 4.05. The van der Waals surface area contributed by atoms with Crippen LogP contribution in [0.4, 0.5) is 0 Å². The topological polar surface area (TPSA) is 46.9 Å². The van der Waals surface area contributed by atoms with Crippen molar-refractivity contribution in [3.05, 3.63) is 17.4 Å². The number of nitrogens with zero attached hydrogens (tertiary/aromatic N) is 2. The molecule has 1 amide bonds. The lowest BCUT2D eigenvalue weighted by molar-refractivity contribution is -0.121. The predicted molar refractivity (Wildman–Crippen MR) is 45.9 cm³/mol. The summed E-state index contributed by atoms with van der Waals surface area (Å²) < 4.78 is 1.49. The smallest absolute Gasteiger partial charge is 0.241 e. The Morgan fingerprint density at radius 1 is 1.83 bits per heavy atom. The number of carbonyl (C=O) groups excluding carboxylic acids is 1. The van der Waals surface area contributed by atoms with Crippen LogP contribution in [0.3, 0.4) is 0 Å². The van der Waals surface area contributed by atoms with Gasteiger partial charge < -0.3 is 5.32 Å². The molecule has 5 heteroatoms. The molecule has 0 aliphatic rings. The van der Waals surface area contributed by atoms with Gasteiger partial charge in [0.05, 0.1) is 11.2 Å². The fraction of sp³-hybridized carbons (Fsp3) is 0.429. The van der Waals surface area contributed by atoms with Crippen LogP contribution < -0.4 is 5.32 Å². The highest BCUT2D eigenvalue weighted by atomic mass is 35.5. The number of hydrogen-bond donors (Lipinski definition) is 1. The second kappa shape index (κ2) is 4.11. The monoisotopic (exact) mass is 187 g/mol. The summed E-state index contributed by atoms with van der Waals surface area (Å²) in [5, 5.41) is 7.06. The van der Waals surface area contributed by atoms with Gasteiger partial charge in [0.2, 0.25) is 5.91 Å². The summed E-state index contributed by atoms with van der Waals surface area (Å²) in [5.41, 5.74) is 0. The van der Waals surface area contributed by atoms with E-state index in [1.165, 1.54) is 10.9 Å². The standard InChI is InChI=1S/C7H10ClN3O/c1-2-9-7(12)5-11-4-6(8)3-10-11/h3-4H,2,5H2,1H3,(H,9,12). The Hall–Kier alpha value is -1.03. The van der Waals surface area contributed by atoms with Crippen molar-refractivity contribution in [3.8, 4) is 0 Å². The second-order valence-electron chi connectivity index (χ2n) is 2.31. The third kappa shape index (κ3) is 2.54. The van der Waals surface area contributed by atoms with E-state index in [0.717, 1.165) is 0 Å². The molecule has 0 fully saturated rings. The molecular weight excluding hydrogens is 178 g/mol. The van der Waals surface area contributed by atoms with E-state index in [9.17, 15) is 4.79 Å². The average molecular weight is 188 g/mol. The van der Waals surface area contributed by atoms with Crippen molar-refractivity contribution in [1.29, 1.82) is 0 Å². The third-order valence-electron chi connectivity index (χ3n) is 1.28. The normalized spacial score (nSPS) is 9.83. The van der Waals surface area contributed by atoms with Gasteiger partial charge >= 0.3 is 0 Å². The minimum Gasteiger partial charge on any atom is -0.355 e. The molecule has 1 heterocycles. The Morgan fingerprint density at radius 2 is 2.58 bits per heavy atom. The van der Waals surface area contributed by atoms with Gasteiger partial charge in [0.25, 0.3) is 0 Å². The SMILES string of the molecule is CCNC(=O)Cn1cc(Cl)cn1. The van der Waals surface area contributed by atoms with Crippen LogP contribution in [0, 0.1) is 0 Å². The molecule has 0 unspecified atom stereocenters. The molecule has 4 nitrogen and oxygen atoms in total. The summed E-state index contributed by atoms with van der Waals surface area (Å²) in [5.74, 6) is -0.0581. The lowest BCUT2D eigenvalue weighted by Crippen LogP contribution is -2.27. The highest BCUT2D eigenvalue weighted by Gasteiger charge is 2.01. The Kier molecular flexibility index (Phi) is 3.10. The first-order valence-electron chi connectivity index (χ1n) is 3.67. The minimum absolute atomic E-state index is 0.0581. The lowest BCUT2D eigenvalue weighted by Gasteiger charge is -2.00. The number of rotatable bonds is 3. The summed E-state index contributed by atoms with van der Waals surface area (Å²) in [6.45, 7) is 2.72. The van der Waals surface area contributed by atoms with E-state index in [4.69, 9.17) is 11.6 Å². The van der Waals surface area contributed by atoms with Gasteiger partial charge in [0.15, 0.2) is 0 Å². The number of hydrogen-bond acceptors (Lipinski definition) is 2. The van der Waals surface area contributed by atoms with Gasteiger partial charge in [-0.05, 0) is 6.92 Å². The highest BCUT2D eigenvalue weighted by Crippen LogP contribution is 2.03. The zero-order valence-electron chi connectivity index (χ0n) is 6.75. The van der Waals surface area contributed by atoms with Gasteiger partial charge in [-0.2, -0.15) is 5.10 Å². The zero-order valence-corrected chi connectivity index (χ0v) is 7.51. The van der Waals surface area contributed by atoms with E-state index in [0.29, 0.717) is 11.6 Å². The Labute approximate surface area is 75.5 Å². The van der Waals surface area contributed by atoms with E-state index in [2.05, 4.69) is 10.4 Å². The quantitative estimate of drug-likeness (QED) is 0.756. The van der Waals surface area contributed by atoms with Crippen molar-refractivity contribution >= 4 is 17.5 Å². The maximum absolute atomic E-state index is 11.0. The molecule has 0 radical (unpaired) electrons. The maximum atomic E-state index is 11.0. The fourth-order valence-corrected chi connectivity index (χ4v) is 0.981. The summed E-state index contributed by atoms with van der Waals surface area (Å²) >= 11 is 5.61. The minimum atomic E-state index is -0.0581. The van der Waals surface area contributed by atoms with Crippen molar-refractivity contribution < 1.29 is 4.79 Å². The van der Waals surface area contributed by atoms with Crippen LogP contribution in [-0.2, 0) is 11.3 Å². The molecule has 0 aromatic carbocycles. The molecule has 0 aliphatic carbocycles. The van der Waals surface area contributed by atoms with E-state index < -0.39 is 0 Å². The van der Waals surface area contributed by atoms with Crippen LogP contribution in [0.2, 0.25) is 5.02 Å². The molecule has 0 saturated heterocycles. The molecule has 0 saturated carbocycles. The number of nitrogens with one attached hydrogen (secondary N) is 1. The molecule has 1 aromatic heterocycles. The molecule has 1 N–H and O–H groups in total. The molecule has 1 aromatic rings. The van der Waals surface area contributed by atoms with Gasteiger partial charge in [-0.3, -0.25) is 9.48 Å². The van der Waals surface area contributed by atoms with Gasteiger partial charge in [0, 0.05) is 12.7 Å². The lowest BCUT2D eigenvalue weighted by atomic mass is 10.5. The number of amides is 1. The summed E-state index contributed by atoms with van der Waals surface area (Å²) in [6, 6.07) is 0. The fourth-order valence-electron chi connectivity index (χ4n) is 0.825. The predicted octanol–water partition coefficient (Wildman–Crippen LogP) is 0.673. The Bertz CT molecular complexity index is 271. The van der Waals surface area contributed by atoms with Crippen molar-refractivity contribution in [3.63, 3.8) is 0 Å². The first-order chi connectivity index (χ1) is 5.72. The van der Waals surface area contributed by atoms with Crippen LogP contribution in [0.5, 0.6) is 0 Å². The molecule has 12 heavy (non-hydrogen) atoms. The van der Waals surface area contributed by atoms with Crippen molar-refractivity contribution in [1.82, 2.24) is 15.1 Å². The van der Waals surface area contributed by atoms with E-state index in [1.807, 2.05) is 6.92 Å². The number of halogens is 1. The highest BCUT2D eigenvalue weighted by molar-refractivity contribution is 6.30. The summed E-state index contributed by atoms with van der Waals surface area (Å²) in [7, 11) is 0. The summed E-state index contributed by atoms with van der Waals surface area (Å²) in [4.78, 5) is 11.0. The Morgan fingerprint density at radius 3 is 3.08 bits per heavy atom. The zero-order chi connectivity index (χ0) is 8.97. The molecule has 1 rings (SSSR count). The van der Waals surface area contributed by atoms with E-state index in [1.54, 1.807) is 6.20 Å². The van der Waals surface area contributed by atoms with Crippen LogP contribution in [-0.4, -0.2) is 22.2 Å². The van der Waals surface area contributed by atoms with Gasteiger partial charge in [-0.25, -0.2) is 0 Å². The number of carbonyl (C=O) groups is 1. The molecule has 0 atom stereocenters. The summed E-state index contributed by atoms with van der Waals surface area (Å²) in [6.07, 6.45) is 3.11. The van der Waals surface area contributed by atoms with Crippen LogP contribution in [0.15, 0.2) is 12.4 Å². The third-order valence-corrected chi connectivity index (χ3v) is 1.48. The maximum Gasteiger partial charge on any atom is 0.241 e.